The molecule has 0 atom stereocenters. The summed E-state index contributed by atoms with van der Waals surface area (Å²) in [5, 5.41) is 8.81. The highest BCUT2D eigenvalue weighted by molar-refractivity contribution is 6.14. The average Bonchev–Trinajstić information content (AvgIpc) is 4.11. The molecule has 0 aliphatic heterocycles. The van der Waals surface area contributed by atoms with Crippen molar-refractivity contribution in [3.63, 3.8) is 0 Å². The maximum atomic E-state index is 15.5. The second-order valence-electron chi connectivity index (χ2n) is 18.1. The molecule has 0 spiro atoms. The van der Waals surface area contributed by atoms with Gasteiger partial charge in [-0.3, -0.25) is 0 Å². The van der Waals surface area contributed by atoms with E-state index in [1.807, 2.05) is 49.4 Å². The number of aromatic nitrogens is 4. The molecule has 0 saturated heterocycles. The lowest BCUT2D eigenvalue weighted by Gasteiger charge is -2.19. The number of nitrogens with zero attached hydrogens (tertiary/aromatic N) is 4. The molecule has 4 aromatic heterocycles. The Labute approximate surface area is 393 Å². The van der Waals surface area contributed by atoms with Crippen LogP contribution in [0.2, 0.25) is 0 Å². The second-order valence-corrected chi connectivity index (χ2v) is 18.1. The molecule has 0 radical (unpaired) electrons. The van der Waals surface area contributed by atoms with Gasteiger partial charge in [0.15, 0.2) is 0 Å². The topological polar surface area (TPSA) is 19.7 Å². The molecule has 4 heterocycles. The summed E-state index contributed by atoms with van der Waals surface area (Å²) in [6.45, 7) is 1.90. The molecule has 0 N–H and O–H groups in total. The Morgan fingerprint density at radius 2 is 0.551 bits per heavy atom. The van der Waals surface area contributed by atoms with Crippen molar-refractivity contribution in [3.05, 3.63) is 230 Å². The van der Waals surface area contributed by atoms with E-state index in [2.05, 4.69) is 176 Å². The van der Waals surface area contributed by atoms with E-state index in [0.29, 0.717) is 11.3 Å². The second kappa shape index (κ2) is 14.6. The first-order valence-corrected chi connectivity index (χ1v) is 23.2. The van der Waals surface area contributed by atoms with E-state index < -0.39 is 11.7 Å². The predicted octanol–water partition coefficient (Wildman–Crippen LogP) is 17.1. The molecule has 0 saturated carbocycles. The van der Waals surface area contributed by atoms with Gasteiger partial charge >= 0.3 is 6.18 Å². The van der Waals surface area contributed by atoms with Gasteiger partial charge in [-0.1, -0.05) is 127 Å². The number of halogens is 3. The van der Waals surface area contributed by atoms with Gasteiger partial charge in [0, 0.05) is 65.8 Å². The van der Waals surface area contributed by atoms with E-state index in [4.69, 9.17) is 0 Å². The zero-order valence-corrected chi connectivity index (χ0v) is 37.2. The third-order valence-corrected chi connectivity index (χ3v) is 14.3. The van der Waals surface area contributed by atoms with Crippen LogP contribution in [-0.4, -0.2) is 18.3 Å². The number of aryl methyl sites for hydroxylation is 1. The van der Waals surface area contributed by atoms with Crippen molar-refractivity contribution < 1.29 is 13.2 Å². The monoisotopic (exact) mass is 896 g/mol. The van der Waals surface area contributed by atoms with Gasteiger partial charge in [0.1, 0.15) is 0 Å². The fourth-order valence-electron chi connectivity index (χ4n) is 11.3. The molecule has 14 aromatic rings. The third kappa shape index (κ3) is 5.77. The largest absolute Gasteiger partial charge is 0.417 e. The molecule has 328 valence electrons. The molecule has 0 unspecified atom stereocenters. The van der Waals surface area contributed by atoms with Gasteiger partial charge in [0.2, 0.25) is 0 Å². The third-order valence-electron chi connectivity index (χ3n) is 14.3. The van der Waals surface area contributed by atoms with Crippen molar-refractivity contribution in [2.24, 2.45) is 0 Å². The minimum absolute atomic E-state index is 0.121. The molecule has 69 heavy (non-hydrogen) atoms. The van der Waals surface area contributed by atoms with E-state index in [9.17, 15) is 0 Å². The SMILES string of the molecule is Cc1ccc(-n2c3ccccc3c3ccc(-n4c5ccccc5c5ccccc54)cc32)cc1-c1cc(-n2c3ccccc3c3ccc(-n4c5ccccc5c5ccccc54)cc32)ccc1C(F)(F)F. The van der Waals surface area contributed by atoms with Crippen LogP contribution in [0.4, 0.5) is 13.2 Å². The van der Waals surface area contributed by atoms with E-state index in [1.165, 1.54) is 16.8 Å². The molecule has 0 aliphatic carbocycles. The van der Waals surface area contributed by atoms with Gasteiger partial charge in [-0.05, 0) is 115 Å². The summed E-state index contributed by atoms with van der Waals surface area (Å²) < 4.78 is 55.4. The highest BCUT2D eigenvalue weighted by atomic mass is 19.4. The van der Waals surface area contributed by atoms with Crippen molar-refractivity contribution in [1.82, 2.24) is 18.3 Å². The Kier molecular flexibility index (Phi) is 8.33. The van der Waals surface area contributed by atoms with E-state index in [-0.39, 0.29) is 5.56 Å². The predicted molar refractivity (Wildman–Crippen MR) is 279 cm³/mol. The van der Waals surface area contributed by atoms with Gasteiger partial charge in [-0.15, -0.1) is 0 Å². The molecule has 7 heteroatoms. The molecule has 14 rings (SSSR count). The average molecular weight is 897 g/mol. The quantitative estimate of drug-likeness (QED) is 0.164. The Morgan fingerprint density at radius 1 is 0.275 bits per heavy atom. The van der Waals surface area contributed by atoms with Crippen LogP contribution in [0.25, 0.3) is 121 Å². The maximum Gasteiger partial charge on any atom is 0.417 e. The van der Waals surface area contributed by atoms with Crippen molar-refractivity contribution in [2.75, 3.05) is 0 Å². The van der Waals surface area contributed by atoms with Gasteiger partial charge in [-0.2, -0.15) is 13.2 Å². The van der Waals surface area contributed by atoms with Crippen LogP contribution in [0, 0.1) is 6.92 Å². The van der Waals surface area contributed by atoms with Crippen molar-refractivity contribution in [1.29, 1.82) is 0 Å². The van der Waals surface area contributed by atoms with Gasteiger partial charge < -0.3 is 18.3 Å². The number of fused-ring (bicyclic) bond motifs is 12. The highest BCUT2D eigenvalue weighted by Crippen LogP contribution is 2.44. The number of hydrogen-bond donors (Lipinski definition) is 0. The van der Waals surface area contributed by atoms with Crippen molar-refractivity contribution in [3.8, 4) is 33.9 Å². The summed E-state index contributed by atoms with van der Waals surface area (Å²) in [6, 6.07) is 73.6. The molecule has 0 fully saturated rings. The first-order valence-electron chi connectivity index (χ1n) is 23.2. The van der Waals surface area contributed by atoms with Crippen LogP contribution in [0.15, 0.2) is 218 Å². The van der Waals surface area contributed by atoms with Crippen LogP contribution < -0.4 is 0 Å². The van der Waals surface area contributed by atoms with E-state index in [0.717, 1.165) is 99.1 Å². The summed E-state index contributed by atoms with van der Waals surface area (Å²) in [7, 11) is 0. The Hall–Kier alpha value is -8.81. The normalized spacial score (nSPS) is 12.3. The molecule has 10 aromatic carbocycles. The summed E-state index contributed by atoms with van der Waals surface area (Å²) in [5.74, 6) is 0. The molecule has 0 aliphatic rings. The van der Waals surface area contributed by atoms with Gasteiger partial charge in [-0.25, -0.2) is 0 Å². The lowest BCUT2D eigenvalue weighted by atomic mass is 9.94. The standard InChI is InChI=1S/C62H39F3N4/c1-38-26-27-39(68-58-24-12-6-18-47(58)49-31-28-41(36-60(49)68)66-54-20-8-2-14-43(54)44-15-3-9-21-55(44)66)34-51(38)52-35-40(30-33-53(52)62(63,64)65)69-59-25-13-7-19-48(59)50-32-29-42(37-61(50)69)67-56-22-10-4-16-45(56)46-17-5-11-23-57(46)67/h2-37H,1H3. The fraction of sp³-hybridized carbons (Fsp3) is 0.0323. The maximum absolute atomic E-state index is 15.5. The van der Waals surface area contributed by atoms with E-state index in [1.54, 1.807) is 12.1 Å². The number of para-hydroxylation sites is 6. The first-order chi connectivity index (χ1) is 33.8. The molecular weight excluding hydrogens is 858 g/mol. The number of alkyl halides is 3. The van der Waals surface area contributed by atoms with Gasteiger partial charge in [0.05, 0.1) is 49.7 Å². The van der Waals surface area contributed by atoms with Crippen LogP contribution in [0.3, 0.4) is 0 Å². The van der Waals surface area contributed by atoms with Crippen LogP contribution >= 0.6 is 0 Å². The summed E-state index contributed by atoms with van der Waals surface area (Å²) in [6.07, 6.45) is -4.62. The minimum Gasteiger partial charge on any atom is -0.309 e. The number of hydrogen-bond acceptors (Lipinski definition) is 0. The Balaban J connectivity index is 0.985. The summed E-state index contributed by atoms with van der Waals surface area (Å²) in [5.41, 5.74) is 12.2. The van der Waals surface area contributed by atoms with Crippen LogP contribution in [0.1, 0.15) is 11.1 Å². The lowest BCUT2D eigenvalue weighted by Crippen LogP contribution is -2.09. The zero-order chi connectivity index (χ0) is 46.1. The summed E-state index contributed by atoms with van der Waals surface area (Å²) in [4.78, 5) is 0. The van der Waals surface area contributed by atoms with Gasteiger partial charge in [0.25, 0.3) is 0 Å². The zero-order valence-electron chi connectivity index (χ0n) is 37.2. The van der Waals surface area contributed by atoms with Crippen molar-refractivity contribution in [2.45, 2.75) is 13.1 Å². The summed E-state index contributed by atoms with van der Waals surface area (Å²) >= 11 is 0. The smallest absolute Gasteiger partial charge is 0.309 e. The first kappa shape index (κ1) is 39.4. The Morgan fingerprint density at radius 3 is 0.913 bits per heavy atom. The van der Waals surface area contributed by atoms with E-state index >= 15 is 13.2 Å². The molecule has 0 amide bonds. The lowest BCUT2D eigenvalue weighted by molar-refractivity contribution is -0.137. The number of rotatable bonds is 5. The molecule has 4 nitrogen and oxygen atoms in total. The Bertz CT molecular complexity index is 4340. The highest BCUT2D eigenvalue weighted by Gasteiger charge is 2.35. The molecule has 0 bridgehead atoms. The fourth-order valence-corrected chi connectivity index (χ4v) is 11.3. The molecular formula is C62H39F3N4. The van der Waals surface area contributed by atoms with Crippen molar-refractivity contribution >= 4 is 87.2 Å². The minimum atomic E-state index is -4.62. The van der Waals surface area contributed by atoms with Crippen LogP contribution in [0.5, 0.6) is 0 Å². The number of benzene rings is 10. The van der Waals surface area contributed by atoms with Crippen LogP contribution in [-0.2, 0) is 6.18 Å².